The average molecular weight is 344 g/mol. The van der Waals surface area contributed by atoms with Gasteiger partial charge >= 0.3 is 0 Å². The number of sulfonamides is 1. The molecule has 0 atom stereocenters. The van der Waals surface area contributed by atoms with Gasteiger partial charge in [0.15, 0.2) is 0 Å². The van der Waals surface area contributed by atoms with Gasteiger partial charge in [0.25, 0.3) is 5.91 Å². The van der Waals surface area contributed by atoms with E-state index in [4.69, 9.17) is 9.47 Å². The van der Waals surface area contributed by atoms with Crippen LogP contribution in [0.25, 0.3) is 0 Å². The summed E-state index contributed by atoms with van der Waals surface area (Å²) < 4.78 is 35.7. The molecule has 1 amide bonds. The molecule has 1 N–H and O–H groups in total. The summed E-state index contributed by atoms with van der Waals surface area (Å²) in [4.78, 5) is 12.1. The summed E-state index contributed by atoms with van der Waals surface area (Å²) >= 11 is 0. The van der Waals surface area contributed by atoms with Gasteiger partial charge in [0.05, 0.1) is 20.0 Å². The maximum absolute atomic E-state index is 12.1. The molecule has 0 aliphatic carbocycles. The number of benzene rings is 1. The van der Waals surface area contributed by atoms with E-state index >= 15 is 0 Å². The van der Waals surface area contributed by atoms with E-state index in [1.54, 1.807) is 32.0 Å². The van der Waals surface area contributed by atoms with Gasteiger partial charge in [0.1, 0.15) is 11.5 Å². The summed E-state index contributed by atoms with van der Waals surface area (Å²) in [6.07, 6.45) is 0. The first-order valence-corrected chi connectivity index (χ1v) is 8.97. The minimum absolute atomic E-state index is 0.0389. The molecule has 0 bridgehead atoms. The van der Waals surface area contributed by atoms with Crippen LogP contribution in [0.3, 0.4) is 0 Å². The number of nitrogens with one attached hydrogen (secondary N) is 1. The first-order valence-electron chi connectivity index (χ1n) is 7.37. The van der Waals surface area contributed by atoms with Gasteiger partial charge in [-0.3, -0.25) is 4.79 Å². The summed E-state index contributed by atoms with van der Waals surface area (Å²) in [5.41, 5.74) is 0.349. The topological polar surface area (TPSA) is 84.9 Å². The highest BCUT2D eigenvalue weighted by molar-refractivity contribution is 7.89. The molecule has 0 saturated heterocycles. The second kappa shape index (κ2) is 8.73. The lowest BCUT2D eigenvalue weighted by Gasteiger charge is -2.18. The van der Waals surface area contributed by atoms with Gasteiger partial charge in [-0.05, 0) is 12.1 Å². The average Bonchev–Trinajstić information content (AvgIpc) is 2.54. The Balaban J connectivity index is 2.71. The summed E-state index contributed by atoms with van der Waals surface area (Å²) in [5.74, 6) is 0.467. The van der Waals surface area contributed by atoms with Crippen LogP contribution < -0.4 is 14.8 Å². The normalized spacial score (nSPS) is 11.3. The molecular formula is C15H24N2O5S. The zero-order chi connectivity index (χ0) is 17.5. The lowest BCUT2D eigenvalue weighted by molar-refractivity contribution is 0.0955. The zero-order valence-electron chi connectivity index (χ0n) is 14.0. The van der Waals surface area contributed by atoms with Crippen LogP contribution in [0.15, 0.2) is 18.2 Å². The second-order valence-corrected chi connectivity index (χ2v) is 6.85. The van der Waals surface area contributed by atoms with Crippen molar-refractivity contribution in [2.24, 2.45) is 0 Å². The van der Waals surface area contributed by atoms with E-state index in [2.05, 4.69) is 5.32 Å². The Morgan fingerprint density at radius 2 is 1.61 bits per heavy atom. The fourth-order valence-corrected chi connectivity index (χ4v) is 3.49. The second-order valence-electron chi connectivity index (χ2n) is 4.76. The molecule has 0 fully saturated rings. The molecule has 1 aromatic carbocycles. The maximum Gasteiger partial charge on any atom is 0.251 e. The number of rotatable bonds is 9. The first-order chi connectivity index (χ1) is 10.9. The van der Waals surface area contributed by atoms with E-state index in [-0.39, 0.29) is 18.2 Å². The summed E-state index contributed by atoms with van der Waals surface area (Å²) in [7, 11) is -0.370. The number of ether oxygens (including phenoxy) is 2. The first kappa shape index (κ1) is 19.2. The van der Waals surface area contributed by atoms with E-state index < -0.39 is 10.0 Å². The lowest BCUT2D eigenvalue weighted by atomic mass is 10.2. The summed E-state index contributed by atoms with van der Waals surface area (Å²) in [6.45, 7) is 4.43. The number of amides is 1. The van der Waals surface area contributed by atoms with Gasteiger partial charge in [0, 0.05) is 31.3 Å². The van der Waals surface area contributed by atoms with Gasteiger partial charge in [-0.1, -0.05) is 13.8 Å². The van der Waals surface area contributed by atoms with Crippen molar-refractivity contribution in [2.75, 3.05) is 39.6 Å². The highest BCUT2D eigenvalue weighted by Gasteiger charge is 2.19. The number of methoxy groups -OCH3 is 2. The van der Waals surface area contributed by atoms with Gasteiger partial charge in [-0.2, -0.15) is 0 Å². The molecule has 0 aromatic heterocycles. The molecule has 0 spiro atoms. The molecule has 0 saturated carbocycles. The lowest BCUT2D eigenvalue weighted by Crippen LogP contribution is -2.37. The largest absolute Gasteiger partial charge is 0.497 e. The van der Waals surface area contributed by atoms with Crippen LogP contribution in [0.5, 0.6) is 11.5 Å². The van der Waals surface area contributed by atoms with Gasteiger partial charge < -0.3 is 14.8 Å². The summed E-state index contributed by atoms with van der Waals surface area (Å²) in [5, 5.41) is 2.60. The zero-order valence-corrected chi connectivity index (χ0v) is 14.8. The molecule has 7 nitrogen and oxygen atoms in total. The highest BCUT2D eigenvalue weighted by Crippen LogP contribution is 2.22. The van der Waals surface area contributed by atoms with Gasteiger partial charge in [0.2, 0.25) is 10.0 Å². The molecule has 0 unspecified atom stereocenters. The number of hydrogen-bond acceptors (Lipinski definition) is 5. The molecule has 0 radical (unpaired) electrons. The Labute approximate surface area is 137 Å². The Morgan fingerprint density at radius 3 is 2.04 bits per heavy atom. The smallest absolute Gasteiger partial charge is 0.251 e. The number of carbonyl (C=O) groups is 1. The Bertz CT molecular complexity index is 605. The third-order valence-corrected chi connectivity index (χ3v) is 5.38. The fourth-order valence-electron chi connectivity index (χ4n) is 2.08. The van der Waals surface area contributed by atoms with Crippen molar-refractivity contribution in [2.45, 2.75) is 13.8 Å². The van der Waals surface area contributed by atoms with Gasteiger partial charge in [-0.15, -0.1) is 0 Å². The predicted molar refractivity (Wildman–Crippen MR) is 88.6 cm³/mol. The van der Waals surface area contributed by atoms with E-state index in [1.165, 1.54) is 18.5 Å². The number of nitrogens with zero attached hydrogens (tertiary/aromatic N) is 1. The molecule has 130 valence electrons. The quantitative estimate of drug-likeness (QED) is 0.725. The Kier molecular flexibility index (Phi) is 7.31. The molecule has 8 heteroatoms. The monoisotopic (exact) mass is 344 g/mol. The predicted octanol–water partition coefficient (Wildman–Crippen LogP) is 1.11. The van der Waals surface area contributed by atoms with Crippen LogP contribution in [0.2, 0.25) is 0 Å². The van der Waals surface area contributed by atoms with Crippen molar-refractivity contribution in [3.8, 4) is 11.5 Å². The third-order valence-electron chi connectivity index (χ3n) is 3.36. The highest BCUT2D eigenvalue weighted by atomic mass is 32.2. The van der Waals surface area contributed by atoms with Crippen molar-refractivity contribution in [3.63, 3.8) is 0 Å². The Morgan fingerprint density at radius 1 is 1.09 bits per heavy atom. The molecule has 0 aliphatic rings. The SMILES string of the molecule is CCN(CC)S(=O)(=O)CCNC(=O)c1cc(OC)cc(OC)c1. The maximum atomic E-state index is 12.1. The van der Waals surface area contributed by atoms with Crippen LogP contribution >= 0.6 is 0 Å². The molecule has 0 heterocycles. The Hall–Kier alpha value is -1.80. The van der Waals surface area contributed by atoms with Crippen LogP contribution in [0.4, 0.5) is 0 Å². The van der Waals surface area contributed by atoms with Crippen LogP contribution in [0.1, 0.15) is 24.2 Å². The molecule has 1 aromatic rings. The molecule has 23 heavy (non-hydrogen) atoms. The standard InChI is InChI=1S/C15H24N2O5S/c1-5-17(6-2)23(19,20)8-7-16-15(18)12-9-13(21-3)11-14(10-12)22-4/h9-11H,5-8H2,1-4H3,(H,16,18). The van der Waals surface area contributed by atoms with Gasteiger partial charge in [-0.25, -0.2) is 12.7 Å². The molecule has 1 rings (SSSR count). The van der Waals surface area contributed by atoms with E-state index in [0.717, 1.165) is 0 Å². The minimum Gasteiger partial charge on any atom is -0.497 e. The number of carbonyl (C=O) groups excluding carboxylic acids is 1. The van der Waals surface area contributed by atoms with Crippen molar-refractivity contribution < 1.29 is 22.7 Å². The summed E-state index contributed by atoms with van der Waals surface area (Å²) in [6, 6.07) is 4.79. The van der Waals surface area contributed by atoms with Crippen molar-refractivity contribution >= 4 is 15.9 Å². The van der Waals surface area contributed by atoms with E-state index in [0.29, 0.717) is 30.2 Å². The third kappa shape index (κ3) is 5.40. The number of hydrogen-bond donors (Lipinski definition) is 1. The fraction of sp³-hybridized carbons (Fsp3) is 0.533. The minimum atomic E-state index is -3.36. The molecule has 0 aliphatic heterocycles. The van der Waals surface area contributed by atoms with Crippen LogP contribution in [-0.2, 0) is 10.0 Å². The molecular weight excluding hydrogens is 320 g/mol. The van der Waals surface area contributed by atoms with Crippen LogP contribution in [-0.4, -0.2) is 58.2 Å². The van der Waals surface area contributed by atoms with E-state index in [1.807, 2.05) is 0 Å². The van der Waals surface area contributed by atoms with Crippen LogP contribution in [0, 0.1) is 0 Å². The van der Waals surface area contributed by atoms with Crippen molar-refractivity contribution in [3.05, 3.63) is 23.8 Å². The van der Waals surface area contributed by atoms with E-state index in [9.17, 15) is 13.2 Å². The van der Waals surface area contributed by atoms with Crippen molar-refractivity contribution in [1.29, 1.82) is 0 Å². The van der Waals surface area contributed by atoms with Crippen molar-refractivity contribution in [1.82, 2.24) is 9.62 Å².